The first kappa shape index (κ1) is 25.0. The van der Waals surface area contributed by atoms with Crippen molar-refractivity contribution in [2.75, 3.05) is 30.9 Å². The Labute approximate surface area is 198 Å². The van der Waals surface area contributed by atoms with E-state index in [1.165, 1.54) is 16.6 Å². The summed E-state index contributed by atoms with van der Waals surface area (Å²) >= 11 is 0. The van der Waals surface area contributed by atoms with Crippen LogP contribution in [0.25, 0.3) is 5.69 Å². The lowest BCUT2D eigenvalue weighted by molar-refractivity contribution is -0.118. The molecule has 0 saturated carbocycles. The van der Waals surface area contributed by atoms with Gasteiger partial charge < -0.3 is 15.4 Å². The van der Waals surface area contributed by atoms with E-state index in [0.29, 0.717) is 12.2 Å². The van der Waals surface area contributed by atoms with Gasteiger partial charge in [0.05, 0.1) is 24.4 Å². The van der Waals surface area contributed by atoms with Crippen LogP contribution in [0.5, 0.6) is 0 Å². The Bertz CT molecular complexity index is 1270. The number of H-pyrrole nitrogens is 1. The zero-order valence-electron chi connectivity index (χ0n) is 20.3. The van der Waals surface area contributed by atoms with E-state index in [2.05, 4.69) is 10.1 Å². The van der Waals surface area contributed by atoms with Crippen molar-refractivity contribution in [2.45, 2.75) is 40.7 Å². The summed E-state index contributed by atoms with van der Waals surface area (Å²) in [6.07, 6.45) is 0.0103. The summed E-state index contributed by atoms with van der Waals surface area (Å²) in [6, 6.07) is 9.64. The number of hydrogen-bond acceptors (Lipinski definition) is 6. The Morgan fingerprint density at radius 1 is 1.21 bits per heavy atom. The molecule has 2 aromatic heterocycles. The maximum atomic E-state index is 13.5. The van der Waals surface area contributed by atoms with Gasteiger partial charge in [-0.3, -0.25) is 19.1 Å². The van der Waals surface area contributed by atoms with Crippen molar-refractivity contribution in [1.29, 1.82) is 0 Å². The summed E-state index contributed by atoms with van der Waals surface area (Å²) in [6.45, 7) is 8.21. The number of nitrogen functional groups attached to an aromatic ring is 1. The van der Waals surface area contributed by atoms with Gasteiger partial charge in [0.25, 0.3) is 5.56 Å². The Morgan fingerprint density at radius 3 is 2.50 bits per heavy atom. The smallest absolute Gasteiger partial charge is 0.330 e. The lowest BCUT2D eigenvalue weighted by atomic mass is 10.1. The molecule has 0 radical (unpaired) electrons. The van der Waals surface area contributed by atoms with Crippen LogP contribution in [0.2, 0.25) is 0 Å². The number of para-hydroxylation sites is 1. The number of carbonyl (C=O) groups is 1. The zero-order valence-corrected chi connectivity index (χ0v) is 20.3. The van der Waals surface area contributed by atoms with Gasteiger partial charge in [0.2, 0.25) is 5.91 Å². The van der Waals surface area contributed by atoms with Crippen LogP contribution in [-0.2, 0) is 22.5 Å². The monoisotopic (exact) mass is 468 g/mol. The fourth-order valence-corrected chi connectivity index (χ4v) is 3.93. The minimum absolute atomic E-state index is 0.0103. The topological polar surface area (TPSA) is 128 Å². The first-order valence-electron chi connectivity index (χ1n) is 11.2. The van der Waals surface area contributed by atoms with E-state index in [0.717, 1.165) is 16.9 Å². The maximum absolute atomic E-state index is 13.5. The number of anilines is 2. The molecule has 0 bridgehead atoms. The van der Waals surface area contributed by atoms with Crippen molar-refractivity contribution in [3.8, 4) is 5.69 Å². The van der Waals surface area contributed by atoms with Crippen LogP contribution < -0.4 is 21.9 Å². The number of benzene rings is 1. The van der Waals surface area contributed by atoms with E-state index in [1.807, 2.05) is 58.0 Å². The van der Waals surface area contributed by atoms with E-state index < -0.39 is 11.2 Å². The number of nitrogens with one attached hydrogen (secondary N) is 1. The van der Waals surface area contributed by atoms with Crippen LogP contribution in [0.4, 0.5) is 11.5 Å². The summed E-state index contributed by atoms with van der Waals surface area (Å²) in [5, 5.41) is 4.60. The van der Waals surface area contributed by atoms with Crippen molar-refractivity contribution in [1.82, 2.24) is 19.3 Å². The lowest BCUT2D eigenvalue weighted by Gasteiger charge is -2.25. The number of aromatic amines is 1. The summed E-state index contributed by atoms with van der Waals surface area (Å²) in [5.41, 5.74) is 8.11. The van der Waals surface area contributed by atoms with Gasteiger partial charge in [0.15, 0.2) is 5.69 Å². The Balaban J connectivity index is 2.03. The van der Waals surface area contributed by atoms with E-state index in [4.69, 9.17) is 10.5 Å². The van der Waals surface area contributed by atoms with Gasteiger partial charge in [-0.15, -0.1) is 0 Å². The number of hydrogen-bond donors (Lipinski definition) is 2. The maximum Gasteiger partial charge on any atom is 0.330 e. The molecule has 2 heterocycles. The lowest BCUT2D eigenvalue weighted by Crippen LogP contribution is -2.43. The Morgan fingerprint density at radius 2 is 1.88 bits per heavy atom. The molecule has 3 rings (SSSR count). The predicted molar refractivity (Wildman–Crippen MR) is 132 cm³/mol. The standard InChI is InChI=1S/C24H32N6O4/c1-15(2)14-29-22(25)21(23(32)26-24(29)33)28(11-12-34-5)20(31)13-19-16(3)27-30(17(19)4)18-9-7-6-8-10-18/h6-10,15H,11-14,25H2,1-5H3,(H,26,32,33). The zero-order chi connectivity index (χ0) is 25.0. The van der Waals surface area contributed by atoms with E-state index >= 15 is 0 Å². The third kappa shape index (κ3) is 5.12. The number of aryl methyl sites for hydroxylation is 1. The second kappa shape index (κ2) is 10.5. The third-order valence-electron chi connectivity index (χ3n) is 5.62. The van der Waals surface area contributed by atoms with Gasteiger partial charge >= 0.3 is 5.69 Å². The highest BCUT2D eigenvalue weighted by Crippen LogP contribution is 2.22. The minimum atomic E-state index is -0.708. The van der Waals surface area contributed by atoms with Crippen LogP contribution in [0.15, 0.2) is 39.9 Å². The summed E-state index contributed by atoms with van der Waals surface area (Å²) in [5.74, 6) is -0.279. The van der Waals surface area contributed by atoms with E-state index in [-0.39, 0.29) is 42.9 Å². The molecule has 0 aliphatic heterocycles. The normalized spacial score (nSPS) is 11.2. The van der Waals surface area contributed by atoms with Crippen LogP contribution >= 0.6 is 0 Å². The molecule has 1 aromatic carbocycles. The summed E-state index contributed by atoms with van der Waals surface area (Å²) in [7, 11) is 1.51. The highest BCUT2D eigenvalue weighted by atomic mass is 16.5. The van der Waals surface area contributed by atoms with Gasteiger partial charge in [-0.2, -0.15) is 5.10 Å². The first-order chi connectivity index (χ1) is 16.1. The number of amides is 1. The second-order valence-electron chi connectivity index (χ2n) is 8.61. The molecule has 0 fully saturated rings. The molecule has 3 aromatic rings. The summed E-state index contributed by atoms with van der Waals surface area (Å²) in [4.78, 5) is 42.3. The number of aromatic nitrogens is 4. The fraction of sp³-hybridized carbons (Fsp3) is 0.417. The number of nitrogens with two attached hydrogens (primary N) is 1. The van der Waals surface area contributed by atoms with Gasteiger partial charge in [-0.25, -0.2) is 9.48 Å². The largest absolute Gasteiger partial charge is 0.383 e. The molecule has 0 atom stereocenters. The first-order valence-corrected chi connectivity index (χ1v) is 11.2. The van der Waals surface area contributed by atoms with Gasteiger partial charge in [-0.05, 0) is 31.9 Å². The molecular weight excluding hydrogens is 436 g/mol. The molecule has 0 aliphatic rings. The number of ether oxygens (including phenoxy) is 1. The molecule has 3 N–H and O–H groups in total. The van der Waals surface area contributed by atoms with Crippen LogP contribution in [0.1, 0.15) is 30.8 Å². The average Bonchev–Trinajstić information content (AvgIpc) is 3.07. The summed E-state index contributed by atoms with van der Waals surface area (Å²) < 4.78 is 8.25. The number of nitrogens with zero attached hydrogens (tertiary/aromatic N) is 4. The second-order valence-corrected chi connectivity index (χ2v) is 8.61. The van der Waals surface area contributed by atoms with Gasteiger partial charge in [0, 0.05) is 31.5 Å². The van der Waals surface area contributed by atoms with Crippen LogP contribution in [-0.4, -0.2) is 45.5 Å². The van der Waals surface area contributed by atoms with Crippen molar-refractivity contribution in [3.63, 3.8) is 0 Å². The average molecular weight is 469 g/mol. The number of methoxy groups -OCH3 is 1. The van der Waals surface area contributed by atoms with Gasteiger partial charge in [-0.1, -0.05) is 32.0 Å². The van der Waals surface area contributed by atoms with Crippen molar-refractivity contribution >= 4 is 17.4 Å². The van der Waals surface area contributed by atoms with Crippen LogP contribution in [0, 0.1) is 19.8 Å². The minimum Gasteiger partial charge on any atom is -0.383 e. The molecule has 0 saturated heterocycles. The molecule has 182 valence electrons. The predicted octanol–water partition coefficient (Wildman–Crippen LogP) is 1.80. The molecule has 0 spiro atoms. The molecule has 10 heteroatoms. The van der Waals surface area contributed by atoms with E-state index in [9.17, 15) is 14.4 Å². The third-order valence-corrected chi connectivity index (χ3v) is 5.62. The van der Waals surface area contributed by atoms with Crippen molar-refractivity contribution < 1.29 is 9.53 Å². The molecule has 0 unspecified atom stereocenters. The van der Waals surface area contributed by atoms with Gasteiger partial charge in [0.1, 0.15) is 5.82 Å². The molecule has 10 nitrogen and oxygen atoms in total. The fourth-order valence-electron chi connectivity index (χ4n) is 3.93. The molecule has 1 amide bonds. The van der Waals surface area contributed by atoms with Crippen LogP contribution in [0.3, 0.4) is 0 Å². The molecule has 34 heavy (non-hydrogen) atoms. The van der Waals surface area contributed by atoms with Crippen molar-refractivity contribution in [2.24, 2.45) is 5.92 Å². The molecular formula is C24H32N6O4. The highest BCUT2D eigenvalue weighted by Gasteiger charge is 2.26. The number of rotatable bonds is 9. The Kier molecular flexibility index (Phi) is 7.72. The van der Waals surface area contributed by atoms with Crippen molar-refractivity contribution in [3.05, 3.63) is 68.1 Å². The Hall–Kier alpha value is -3.66. The molecule has 0 aliphatic carbocycles. The highest BCUT2D eigenvalue weighted by molar-refractivity contribution is 5.97. The van der Waals surface area contributed by atoms with E-state index in [1.54, 1.807) is 4.68 Å². The SMILES string of the molecule is COCCN(C(=O)Cc1c(C)nn(-c2ccccc2)c1C)c1c(N)n(CC(C)C)c(=O)[nH]c1=O. The quantitative estimate of drug-likeness (QED) is 0.493. The number of carbonyl (C=O) groups excluding carboxylic acids is 1.